The molecule has 2 rings (SSSR count). The van der Waals surface area contributed by atoms with Crippen LogP contribution in [0.2, 0.25) is 0 Å². The Kier molecular flexibility index (Phi) is 3.43. The molecule has 0 N–H and O–H groups in total. The first kappa shape index (κ1) is 12.0. The van der Waals surface area contributed by atoms with Gasteiger partial charge in [-0.05, 0) is 30.7 Å². The quantitative estimate of drug-likeness (QED) is 0.816. The Hall–Kier alpha value is -1.42. The molecule has 0 saturated carbocycles. The molecular formula is C13H13BrN2O. The van der Waals surface area contributed by atoms with Crippen molar-refractivity contribution in [2.75, 3.05) is 0 Å². The number of carbonyl (C=O) groups excluding carboxylic acids is 1. The van der Waals surface area contributed by atoms with Crippen molar-refractivity contribution in [2.45, 2.75) is 13.3 Å². The summed E-state index contributed by atoms with van der Waals surface area (Å²) in [5, 5.41) is 4.21. The Morgan fingerprint density at radius 1 is 1.41 bits per heavy atom. The molecule has 1 aromatic heterocycles. The predicted molar refractivity (Wildman–Crippen MR) is 70.1 cm³/mol. The largest absolute Gasteiger partial charge is 0.294 e. The van der Waals surface area contributed by atoms with Gasteiger partial charge in [-0.2, -0.15) is 5.10 Å². The topological polar surface area (TPSA) is 34.9 Å². The van der Waals surface area contributed by atoms with E-state index in [0.29, 0.717) is 6.42 Å². The van der Waals surface area contributed by atoms with Crippen LogP contribution >= 0.6 is 15.9 Å². The summed E-state index contributed by atoms with van der Waals surface area (Å²) in [5.41, 5.74) is 2.55. The Morgan fingerprint density at radius 3 is 2.82 bits per heavy atom. The summed E-state index contributed by atoms with van der Waals surface area (Å²) in [6.07, 6.45) is 2.19. The third-order valence-corrected chi connectivity index (χ3v) is 3.10. The molecule has 0 unspecified atom stereocenters. The minimum atomic E-state index is 0.0995. The SMILES string of the molecule is Cc1ccc(Br)cc1C(=O)Cc1ccn(C)n1. The van der Waals surface area contributed by atoms with Crippen molar-refractivity contribution in [3.8, 4) is 0 Å². The van der Waals surface area contributed by atoms with Crippen molar-refractivity contribution < 1.29 is 4.79 Å². The number of rotatable bonds is 3. The third-order valence-electron chi connectivity index (χ3n) is 2.61. The molecule has 0 atom stereocenters. The van der Waals surface area contributed by atoms with Gasteiger partial charge in [0.25, 0.3) is 0 Å². The number of Topliss-reactive ketones (excluding diaryl/α,β-unsaturated/α-hetero) is 1. The molecule has 2 aromatic rings. The predicted octanol–water partition coefficient (Wildman–Crippen LogP) is 2.92. The summed E-state index contributed by atoms with van der Waals surface area (Å²) in [5.74, 6) is 0.0995. The summed E-state index contributed by atoms with van der Waals surface area (Å²) in [6, 6.07) is 7.61. The molecule has 3 nitrogen and oxygen atoms in total. The lowest BCUT2D eigenvalue weighted by atomic mass is 10.0. The Morgan fingerprint density at radius 2 is 2.18 bits per heavy atom. The fourth-order valence-corrected chi connectivity index (χ4v) is 2.07. The summed E-state index contributed by atoms with van der Waals surface area (Å²) in [7, 11) is 1.85. The van der Waals surface area contributed by atoms with E-state index in [9.17, 15) is 4.79 Å². The number of nitrogens with zero attached hydrogens (tertiary/aromatic N) is 2. The van der Waals surface area contributed by atoms with Crippen LogP contribution in [0.4, 0.5) is 0 Å². The van der Waals surface area contributed by atoms with Crippen LogP contribution < -0.4 is 0 Å². The molecule has 0 fully saturated rings. The molecule has 1 heterocycles. The fourth-order valence-electron chi connectivity index (χ4n) is 1.71. The number of hydrogen-bond acceptors (Lipinski definition) is 2. The molecule has 1 aromatic carbocycles. The number of ketones is 1. The first-order valence-corrected chi connectivity index (χ1v) is 6.13. The van der Waals surface area contributed by atoms with Crippen LogP contribution in [-0.4, -0.2) is 15.6 Å². The van der Waals surface area contributed by atoms with Crippen LogP contribution in [0, 0.1) is 6.92 Å². The average Bonchev–Trinajstić information content (AvgIpc) is 2.67. The average molecular weight is 293 g/mol. The lowest BCUT2D eigenvalue weighted by Crippen LogP contribution is -2.06. The first-order chi connectivity index (χ1) is 8.06. The van der Waals surface area contributed by atoms with E-state index in [-0.39, 0.29) is 5.78 Å². The molecule has 0 bridgehead atoms. The van der Waals surface area contributed by atoms with Gasteiger partial charge in [-0.15, -0.1) is 0 Å². The van der Waals surface area contributed by atoms with Gasteiger partial charge in [-0.25, -0.2) is 0 Å². The van der Waals surface area contributed by atoms with Crippen molar-refractivity contribution in [3.63, 3.8) is 0 Å². The Balaban J connectivity index is 2.22. The zero-order valence-corrected chi connectivity index (χ0v) is 11.4. The zero-order valence-electron chi connectivity index (χ0n) is 9.77. The van der Waals surface area contributed by atoms with E-state index < -0.39 is 0 Å². The standard InChI is InChI=1S/C13H13BrN2O/c1-9-3-4-10(14)7-12(9)13(17)8-11-5-6-16(2)15-11/h3-7H,8H2,1-2H3. The number of aromatic nitrogens is 2. The Labute approximate surface area is 109 Å². The number of halogens is 1. The fraction of sp³-hybridized carbons (Fsp3) is 0.231. The van der Waals surface area contributed by atoms with E-state index in [1.807, 2.05) is 44.4 Å². The second-order valence-corrected chi connectivity index (χ2v) is 4.96. The van der Waals surface area contributed by atoms with Crippen molar-refractivity contribution in [1.29, 1.82) is 0 Å². The van der Waals surface area contributed by atoms with E-state index in [2.05, 4.69) is 21.0 Å². The van der Waals surface area contributed by atoms with Gasteiger partial charge < -0.3 is 0 Å². The van der Waals surface area contributed by atoms with Crippen LogP contribution in [0.5, 0.6) is 0 Å². The normalized spacial score (nSPS) is 10.5. The summed E-state index contributed by atoms with van der Waals surface area (Å²) >= 11 is 3.38. The van der Waals surface area contributed by atoms with Gasteiger partial charge in [0, 0.05) is 23.3 Å². The molecule has 0 saturated heterocycles. The summed E-state index contributed by atoms with van der Waals surface area (Å²) < 4.78 is 2.63. The van der Waals surface area contributed by atoms with E-state index in [4.69, 9.17) is 0 Å². The zero-order chi connectivity index (χ0) is 12.4. The lowest BCUT2D eigenvalue weighted by Gasteiger charge is -2.04. The minimum Gasteiger partial charge on any atom is -0.294 e. The molecule has 17 heavy (non-hydrogen) atoms. The third kappa shape index (κ3) is 2.82. The van der Waals surface area contributed by atoms with Gasteiger partial charge in [0.2, 0.25) is 0 Å². The second kappa shape index (κ2) is 4.84. The van der Waals surface area contributed by atoms with Crippen molar-refractivity contribution in [2.24, 2.45) is 7.05 Å². The lowest BCUT2D eigenvalue weighted by molar-refractivity contribution is 0.0991. The van der Waals surface area contributed by atoms with Crippen molar-refractivity contribution >= 4 is 21.7 Å². The highest BCUT2D eigenvalue weighted by atomic mass is 79.9. The maximum atomic E-state index is 12.1. The molecule has 0 amide bonds. The first-order valence-electron chi connectivity index (χ1n) is 5.34. The molecular weight excluding hydrogens is 280 g/mol. The molecule has 0 aliphatic carbocycles. The van der Waals surface area contributed by atoms with Crippen molar-refractivity contribution in [1.82, 2.24) is 9.78 Å². The summed E-state index contributed by atoms with van der Waals surface area (Å²) in [4.78, 5) is 12.1. The number of carbonyl (C=O) groups is 1. The smallest absolute Gasteiger partial charge is 0.169 e. The van der Waals surface area contributed by atoms with Crippen LogP contribution in [0.15, 0.2) is 34.9 Å². The van der Waals surface area contributed by atoms with E-state index in [1.54, 1.807) is 4.68 Å². The molecule has 0 aliphatic heterocycles. The van der Waals surface area contributed by atoms with E-state index >= 15 is 0 Å². The van der Waals surface area contributed by atoms with Gasteiger partial charge in [0.1, 0.15) is 0 Å². The molecule has 0 spiro atoms. The number of aryl methyl sites for hydroxylation is 2. The maximum absolute atomic E-state index is 12.1. The number of benzene rings is 1. The molecule has 0 aliphatic rings. The second-order valence-electron chi connectivity index (χ2n) is 4.04. The van der Waals surface area contributed by atoms with Gasteiger partial charge in [-0.3, -0.25) is 9.48 Å². The van der Waals surface area contributed by atoms with Crippen LogP contribution in [0.3, 0.4) is 0 Å². The highest BCUT2D eigenvalue weighted by molar-refractivity contribution is 9.10. The van der Waals surface area contributed by atoms with E-state index in [0.717, 1.165) is 21.3 Å². The maximum Gasteiger partial charge on any atom is 0.169 e. The van der Waals surface area contributed by atoms with Gasteiger partial charge >= 0.3 is 0 Å². The van der Waals surface area contributed by atoms with Gasteiger partial charge in [0.05, 0.1) is 12.1 Å². The van der Waals surface area contributed by atoms with E-state index in [1.165, 1.54) is 0 Å². The number of hydrogen-bond donors (Lipinski definition) is 0. The van der Waals surface area contributed by atoms with Crippen LogP contribution in [0.1, 0.15) is 21.6 Å². The molecule has 88 valence electrons. The summed E-state index contributed by atoms with van der Waals surface area (Å²) in [6.45, 7) is 1.94. The van der Waals surface area contributed by atoms with Crippen molar-refractivity contribution in [3.05, 3.63) is 51.8 Å². The highest BCUT2D eigenvalue weighted by Crippen LogP contribution is 2.17. The molecule has 4 heteroatoms. The minimum absolute atomic E-state index is 0.0995. The van der Waals surface area contributed by atoms with Crippen LogP contribution in [0.25, 0.3) is 0 Å². The molecule has 0 radical (unpaired) electrons. The van der Waals surface area contributed by atoms with Gasteiger partial charge in [0.15, 0.2) is 5.78 Å². The van der Waals surface area contributed by atoms with Gasteiger partial charge in [-0.1, -0.05) is 22.0 Å². The van der Waals surface area contributed by atoms with Crippen LogP contribution in [-0.2, 0) is 13.5 Å². The Bertz CT molecular complexity index is 560. The highest BCUT2D eigenvalue weighted by Gasteiger charge is 2.11. The monoisotopic (exact) mass is 292 g/mol.